The second-order valence-electron chi connectivity index (χ2n) is 5.86. The molecule has 0 atom stereocenters. The van der Waals surface area contributed by atoms with Gasteiger partial charge in [-0.15, -0.1) is 0 Å². The van der Waals surface area contributed by atoms with Crippen LogP contribution < -0.4 is 5.32 Å². The number of alkyl halides is 3. The highest BCUT2D eigenvalue weighted by Gasteiger charge is 2.44. The highest BCUT2D eigenvalue weighted by atomic mass is 35.5. The number of urea groups is 1. The Balaban J connectivity index is 1.71. The lowest BCUT2D eigenvalue weighted by Crippen LogP contribution is -2.39. The van der Waals surface area contributed by atoms with Crippen LogP contribution in [0.2, 0.25) is 5.02 Å². The SMILES string of the molecule is O=C(CN1C(=O)CN(C2CC2)C1=O)Nc1ccc(Cl)cc1C(F)(F)F. The van der Waals surface area contributed by atoms with Gasteiger partial charge in [0.2, 0.25) is 5.91 Å². The molecule has 1 heterocycles. The second-order valence-corrected chi connectivity index (χ2v) is 6.29. The van der Waals surface area contributed by atoms with Gasteiger partial charge >= 0.3 is 12.2 Å². The van der Waals surface area contributed by atoms with Crippen LogP contribution in [-0.2, 0) is 15.8 Å². The highest BCUT2D eigenvalue weighted by molar-refractivity contribution is 6.30. The van der Waals surface area contributed by atoms with Gasteiger partial charge in [0, 0.05) is 11.1 Å². The maximum Gasteiger partial charge on any atom is 0.418 e. The number of nitrogens with one attached hydrogen (secondary N) is 1. The molecule has 0 bridgehead atoms. The third kappa shape index (κ3) is 3.71. The van der Waals surface area contributed by atoms with E-state index >= 15 is 0 Å². The Bertz CT molecular complexity index is 749. The fraction of sp³-hybridized carbons (Fsp3) is 0.400. The van der Waals surface area contributed by atoms with Crippen molar-refractivity contribution in [2.45, 2.75) is 25.1 Å². The molecule has 1 saturated carbocycles. The molecule has 134 valence electrons. The van der Waals surface area contributed by atoms with Crippen LogP contribution in [0.5, 0.6) is 0 Å². The first-order valence-corrected chi connectivity index (χ1v) is 7.82. The molecule has 0 radical (unpaired) electrons. The molecule has 1 aliphatic carbocycles. The van der Waals surface area contributed by atoms with E-state index < -0.39 is 41.8 Å². The van der Waals surface area contributed by atoms with E-state index in [1.807, 2.05) is 0 Å². The van der Waals surface area contributed by atoms with Crippen LogP contribution >= 0.6 is 11.6 Å². The molecular weight excluding hydrogens is 363 g/mol. The minimum Gasteiger partial charge on any atom is -0.324 e. The van der Waals surface area contributed by atoms with Crippen LogP contribution in [0.15, 0.2) is 18.2 Å². The molecule has 0 aromatic heterocycles. The van der Waals surface area contributed by atoms with Crippen molar-refractivity contribution >= 4 is 35.1 Å². The maximum atomic E-state index is 13.0. The normalized spacial score (nSPS) is 18.1. The average molecular weight is 376 g/mol. The highest BCUT2D eigenvalue weighted by Crippen LogP contribution is 2.36. The molecule has 1 aliphatic heterocycles. The van der Waals surface area contributed by atoms with Gasteiger partial charge in [0.05, 0.1) is 11.3 Å². The van der Waals surface area contributed by atoms with Gasteiger partial charge in [-0.05, 0) is 31.0 Å². The molecule has 1 aromatic carbocycles. The summed E-state index contributed by atoms with van der Waals surface area (Å²) in [6, 6.07) is 2.34. The van der Waals surface area contributed by atoms with E-state index in [1.54, 1.807) is 0 Å². The number of rotatable bonds is 4. The molecule has 4 amide bonds. The number of halogens is 4. The standard InChI is InChI=1S/C15H13ClF3N3O3/c16-8-1-4-11(10(5-8)15(17,18)19)20-12(23)6-22-13(24)7-21(14(22)25)9-2-3-9/h1,4-5,9H,2-3,6-7H2,(H,20,23). The summed E-state index contributed by atoms with van der Waals surface area (Å²) in [6.07, 6.45) is -3.10. The number of nitrogens with zero attached hydrogens (tertiary/aromatic N) is 2. The molecular formula is C15H13ClF3N3O3. The van der Waals surface area contributed by atoms with Crippen LogP contribution in [0.25, 0.3) is 0 Å². The summed E-state index contributed by atoms with van der Waals surface area (Å²) < 4.78 is 39.1. The van der Waals surface area contributed by atoms with Crippen molar-refractivity contribution in [1.29, 1.82) is 0 Å². The van der Waals surface area contributed by atoms with Crippen LogP contribution in [0.1, 0.15) is 18.4 Å². The summed E-state index contributed by atoms with van der Waals surface area (Å²) >= 11 is 5.57. The first-order valence-electron chi connectivity index (χ1n) is 7.44. The number of amides is 4. The Morgan fingerprint density at radius 2 is 1.96 bits per heavy atom. The van der Waals surface area contributed by atoms with E-state index in [1.165, 1.54) is 11.0 Å². The summed E-state index contributed by atoms with van der Waals surface area (Å²) in [4.78, 5) is 38.1. The lowest BCUT2D eigenvalue weighted by atomic mass is 10.1. The quantitative estimate of drug-likeness (QED) is 0.823. The Labute approximate surface area is 145 Å². The third-order valence-electron chi connectivity index (χ3n) is 3.93. The zero-order chi connectivity index (χ0) is 18.4. The van der Waals surface area contributed by atoms with Crippen molar-refractivity contribution < 1.29 is 27.6 Å². The molecule has 2 fully saturated rings. The molecule has 25 heavy (non-hydrogen) atoms. The minimum atomic E-state index is -4.71. The molecule has 0 spiro atoms. The fourth-order valence-electron chi connectivity index (χ4n) is 2.58. The van der Waals surface area contributed by atoms with E-state index in [0.29, 0.717) is 6.07 Å². The molecule has 1 aromatic rings. The Morgan fingerprint density at radius 3 is 2.56 bits per heavy atom. The molecule has 10 heteroatoms. The maximum absolute atomic E-state index is 13.0. The monoisotopic (exact) mass is 375 g/mol. The first kappa shape index (κ1) is 17.5. The van der Waals surface area contributed by atoms with Crippen LogP contribution in [0.3, 0.4) is 0 Å². The average Bonchev–Trinajstić information content (AvgIpc) is 3.31. The van der Waals surface area contributed by atoms with Gasteiger partial charge in [0.15, 0.2) is 0 Å². The zero-order valence-electron chi connectivity index (χ0n) is 12.8. The van der Waals surface area contributed by atoms with Crippen molar-refractivity contribution in [3.8, 4) is 0 Å². The minimum absolute atomic E-state index is 0.0117. The van der Waals surface area contributed by atoms with Gasteiger partial charge in [-0.3, -0.25) is 14.5 Å². The molecule has 2 aliphatic rings. The van der Waals surface area contributed by atoms with Crippen LogP contribution in [-0.4, -0.2) is 46.8 Å². The number of hydrogen-bond donors (Lipinski definition) is 1. The van der Waals surface area contributed by atoms with E-state index in [9.17, 15) is 27.6 Å². The van der Waals surface area contributed by atoms with Gasteiger partial charge in [-0.1, -0.05) is 11.6 Å². The number of imide groups is 1. The Kier molecular flexibility index (Phi) is 4.36. The number of benzene rings is 1. The summed E-state index contributed by atoms with van der Waals surface area (Å²) in [5.41, 5.74) is -1.59. The summed E-state index contributed by atoms with van der Waals surface area (Å²) in [7, 11) is 0. The zero-order valence-corrected chi connectivity index (χ0v) is 13.5. The number of carbonyl (C=O) groups excluding carboxylic acids is 3. The fourth-order valence-corrected chi connectivity index (χ4v) is 2.75. The lowest BCUT2D eigenvalue weighted by molar-refractivity contribution is -0.137. The van der Waals surface area contributed by atoms with Crippen molar-refractivity contribution in [1.82, 2.24) is 9.80 Å². The summed E-state index contributed by atoms with van der Waals surface area (Å²) in [5, 5.41) is 1.96. The predicted octanol–water partition coefficient (Wildman–Crippen LogP) is 2.72. The largest absolute Gasteiger partial charge is 0.418 e. The van der Waals surface area contributed by atoms with Gasteiger partial charge in [-0.25, -0.2) is 4.79 Å². The van der Waals surface area contributed by atoms with Crippen molar-refractivity contribution in [3.63, 3.8) is 0 Å². The number of carbonyl (C=O) groups is 3. The molecule has 1 N–H and O–H groups in total. The summed E-state index contributed by atoms with van der Waals surface area (Å²) in [6.45, 7) is -0.744. The van der Waals surface area contributed by atoms with Crippen LogP contribution in [0.4, 0.5) is 23.7 Å². The topological polar surface area (TPSA) is 69.7 Å². The Morgan fingerprint density at radius 1 is 1.28 bits per heavy atom. The van der Waals surface area contributed by atoms with Gasteiger partial charge in [0.25, 0.3) is 5.91 Å². The van der Waals surface area contributed by atoms with E-state index in [4.69, 9.17) is 11.6 Å². The Hall–Kier alpha value is -2.29. The van der Waals surface area contributed by atoms with Gasteiger partial charge in [0.1, 0.15) is 13.1 Å². The van der Waals surface area contributed by atoms with E-state index in [2.05, 4.69) is 5.32 Å². The predicted molar refractivity (Wildman–Crippen MR) is 81.9 cm³/mol. The molecule has 1 saturated heterocycles. The molecule has 0 unspecified atom stereocenters. The molecule has 3 rings (SSSR count). The van der Waals surface area contributed by atoms with E-state index in [-0.39, 0.29) is 17.6 Å². The van der Waals surface area contributed by atoms with Crippen LogP contribution in [0, 0.1) is 0 Å². The molecule has 6 nitrogen and oxygen atoms in total. The number of anilines is 1. The summed E-state index contributed by atoms with van der Waals surface area (Å²) in [5.74, 6) is -1.44. The number of hydrogen-bond acceptors (Lipinski definition) is 3. The first-order chi connectivity index (χ1) is 11.7. The van der Waals surface area contributed by atoms with Gasteiger partial charge < -0.3 is 10.2 Å². The lowest BCUT2D eigenvalue weighted by Gasteiger charge is -2.17. The van der Waals surface area contributed by atoms with Gasteiger partial charge in [-0.2, -0.15) is 13.2 Å². The second kappa shape index (κ2) is 6.21. The smallest absolute Gasteiger partial charge is 0.324 e. The van der Waals surface area contributed by atoms with Crippen molar-refractivity contribution in [2.24, 2.45) is 0 Å². The third-order valence-corrected chi connectivity index (χ3v) is 4.17. The van der Waals surface area contributed by atoms with E-state index in [0.717, 1.165) is 23.8 Å². The van der Waals surface area contributed by atoms with Crippen molar-refractivity contribution in [3.05, 3.63) is 28.8 Å². The van der Waals surface area contributed by atoms with Crippen molar-refractivity contribution in [2.75, 3.05) is 18.4 Å².